The molecule has 3 fully saturated rings. The Kier molecular flexibility index (Phi) is 8.15. The molecular weight excluding hydrogens is 500 g/mol. The minimum atomic E-state index is -0.394. The normalized spacial score (nSPS) is 21.0. The Morgan fingerprint density at radius 1 is 1.17 bits per heavy atom. The van der Waals surface area contributed by atoms with Gasteiger partial charge in [-0.3, -0.25) is 19.8 Å². The van der Waals surface area contributed by atoms with E-state index in [2.05, 4.69) is 25.6 Å². The molecule has 1 saturated carbocycles. The van der Waals surface area contributed by atoms with E-state index < -0.39 is 5.91 Å². The number of thioether (sulfide) groups is 1. The summed E-state index contributed by atoms with van der Waals surface area (Å²) in [5.74, 6) is -0.289. The average Bonchev–Trinajstić information content (AvgIpc) is 3.33. The quantitative estimate of drug-likeness (QED) is 0.389. The Balaban J connectivity index is 1.22. The summed E-state index contributed by atoms with van der Waals surface area (Å²) in [6, 6.07) is 7.86. The summed E-state index contributed by atoms with van der Waals surface area (Å²) in [4.78, 5) is 35.7. The van der Waals surface area contributed by atoms with E-state index in [9.17, 15) is 9.59 Å². The molecule has 2 amide bonds. The summed E-state index contributed by atoms with van der Waals surface area (Å²) >= 11 is 3.20. The van der Waals surface area contributed by atoms with Gasteiger partial charge >= 0.3 is 0 Å². The van der Waals surface area contributed by atoms with Crippen LogP contribution in [0, 0.1) is 0 Å². The molecule has 1 aromatic carbocycles. The van der Waals surface area contributed by atoms with Gasteiger partial charge in [-0.05, 0) is 25.0 Å². The molecule has 2 aliphatic heterocycles. The van der Waals surface area contributed by atoms with Crippen molar-refractivity contribution in [3.05, 3.63) is 34.8 Å². The zero-order valence-corrected chi connectivity index (χ0v) is 21.9. The van der Waals surface area contributed by atoms with Gasteiger partial charge < -0.3 is 14.5 Å². The Morgan fingerprint density at radius 2 is 1.94 bits per heavy atom. The fraction of sp³-hybridized carbons (Fsp3) is 0.542. The summed E-state index contributed by atoms with van der Waals surface area (Å²) in [6.45, 7) is 6.32. The number of aromatic nitrogens is 2. The average molecular weight is 531 g/mol. The molecule has 1 aromatic heterocycles. The van der Waals surface area contributed by atoms with Crippen molar-refractivity contribution in [3.8, 4) is 0 Å². The van der Waals surface area contributed by atoms with E-state index in [-0.39, 0.29) is 17.7 Å². The van der Waals surface area contributed by atoms with Crippen LogP contribution < -0.4 is 5.32 Å². The number of benzene rings is 1. The summed E-state index contributed by atoms with van der Waals surface area (Å²) in [5.41, 5.74) is 0.876. The second kappa shape index (κ2) is 11.7. The topological polar surface area (TPSA) is 109 Å². The predicted molar refractivity (Wildman–Crippen MR) is 138 cm³/mol. The van der Waals surface area contributed by atoms with E-state index in [4.69, 9.17) is 9.57 Å². The van der Waals surface area contributed by atoms with E-state index in [1.54, 1.807) is 6.92 Å². The third-order valence-corrected chi connectivity index (χ3v) is 8.39. The lowest BCUT2D eigenvalue weighted by atomic mass is 10.1. The maximum Gasteiger partial charge on any atom is 0.280 e. The van der Waals surface area contributed by atoms with Crippen LogP contribution in [0.3, 0.4) is 0 Å². The summed E-state index contributed by atoms with van der Waals surface area (Å²) in [5, 5.41) is 17.4. The lowest BCUT2D eigenvalue weighted by Gasteiger charge is -2.33. The summed E-state index contributed by atoms with van der Waals surface area (Å²) in [7, 11) is 0. The number of oxime groups is 1. The molecule has 0 spiro atoms. The molecule has 0 bridgehead atoms. The van der Waals surface area contributed by atoms with Crippen molar-refractivity contribution < 1.29 is 19.2 Å². The van der Waals surface area contributed by atoms with Crippen molar-refractivity contribution in [1.82, 2.24) is 20.0 Å². The number of carbonyl (C=O) groups is 2. The molecule has 36 heavy (non-hydrogen) atoms. The molecule has 192 valence electrons. The smallest absolute Gasteiger partial charge is 0.280 e. The first-order valence-corrected chi connectivity index (χ1v) is 13.9. The third-order valence-electron chi connectivity index (χ3n) is 6.21. The van der Waals surface area contributed by atoms with Crippen LogP contribution in [0.1, 0.15) is 36.8 Å². The van der Waals surface area contributed by atoms with Gasteiger partial charge in [-0.25, -0.2) is 0 Å². The highest BCUT2D eigenvalue weighted by Gasteiger charge is 2.24. The molecule has 0 radical (unpaired) electrons. The highest BCUT2D eigenvalue weighted by atomic mass is 32.2. The third kappa shape index (κ3) is 6.81. The number of hydrogen-bond donors (Lipinski definition) is 1. The molecule has 1 N–H and O–H groups in total. The van der Waals surface area contributed by atoms with Gasteiger partial charge in [0, 0.05) is 55.2 Å². The number of anilines is 1. The van der Waals surface area contributed by atoms with Crippen molar-refractivity contribution >= 4 is 45.8 Å². The van der Waals surface area contributed by atoms with Crippen LogP contribution >= 0.6 is 23.1 Å². The highest BCUT2D eigenvalue weighted by molar-refractivity contribution is 8.00. The van der Waals surface area contributed by atoms with Gasteiger partial charge in [0.25, 0.3) is 5.91 Å². The second-order valence-electron chi connectivity index (χ2n) is 9.11. The lowest BCUT2D eigenvalue weighted by molar-refractivity contribution is -0.130. The van der Waals surface area contributed by atoms with Gasteiger partial charge in [0.05, 0.1) is 19.8 Å². The Labute approximate surface area is 218 Å². The Bertz CT molecular complexity index is 1090. The van der Waals surface area contributed by atoms with Gasteiger partial charge in [0.1, 0.15) is 5.01 Å². The number of ether oxygens (including phenoxy) is 1. The molecule has 0 unspecified atom stereocenters. The van der Waals surface area contributed by atoms with Crippen molar-refractivity contribution in [1.29, 1.82) is 0 Å². The number of nitrogens with zero attached hydrogens (tertiary/aromatic N) is 5. The zero-order valence-electron chi connectivity index (χ0n) is 20.2. The van der Waals surface area contributed by atoms with Crippen molar-refractivity contribution in [2.45, 2.75) is 49.0 Å². The monoisotopic (exact) mass is 530 g/mol. The molecule has 10 nitrogen and oxygen atoms in total. The lowest BCUT2D eigenvalue weighted by Crippen LogP contribution is -2.47. The standard InChI is InChI=1S/C24H30N6O4S2/c1-16(31)30-11-9-29(10-12-30)14-21-26-27-24(36-21)25-23(32)22(28-34-18-8-13-33-15-18)17-2-4-19(5-3-17)35-20-6-7-20/h2-5,18,20H,6-15H2,1H3,(H,25,27,32)/b28-22+/t18-/m1/s1. The highest BCUT2D eigenvalue weighted by Crippen LogP contribution is 2.39. The van der Waals surface area contributed by atoms with Gasteiger partial charge in [0.2, 0.25) is 11.0 Å². The van der Waals surface area contributed by atoms with Crippen LogP contribution in [-0.2, 0) is 25.7 Å². The number of carbonyl (C=O) groups excluding carboxylic acids is 2. The first-order chi connectivity index (χ1) is 17.5. The molecular formula is C24H30N6O4S2. The number of nitrogens with one attached hydrogen (secondary N) is 1. The molecule has 12 heteroatoms. The number of amides is 2. The zero-order chi connectivity index (χ0) is 24.9. The molecule has 1 atom stereocenters. The number of hydrogen-bond acceptors (Lipinski definition) is 10. The largest absolute Gasteiger partial charge is 0.389 e. The van der Waals surface area contributed by atoms with Gasteiger partial charge in [-0.1, -0.05) is 28.6 Å². The Morgan fingerprint density at radius 3 is 2.61 bits per heavy atom. The minimum Gasteiger partial charge on any atom is -0.389 e. The summed E-state index contributed by atoms with van der Waals surface area (Å²) in [6.07, 6.45) is 3.11. The number of piperazine rings is 1. The molecule has 1 aliphatic carbocycles. The molecule has 5 rings (SSSR count). The second-order valence-corrected chi connectivity index (χ2v) is 11.5. The number of rotatable bonds is 9. The first-order valence-electron chi connectivity index (χ1n) is 12.2. The maximum absolute atomic E-state index is 13.2. The van der Waals surface area contributed by atoms with Crippen LogP contribution in [0.5, 0.6) is 0 Å². The molecule has 3 heterocycles. The van der Waals surface area contributed by atoms with E-state index in [0.717, 1.165) is 24.5 Å². The minimum absolute atomic E-state index is 0.105. The first kappa shape index (κ1) is 25.1. The van der Waals surface area contributed by atoms with Gasteiger partial charge in [-0.15, -0.1) is 22.0 Å². The van der Waals surface area contributed by atoms with E-state index in [1.165, 1.54) is 29.1 Å². The Hall–Kier alpha value is -2.54. The van der Waals surface area contributed by atoms with E-state index >= 15 is 0 Å². The van der Waals surface area contributed by atoms with Crippen molar-refractivity contribution in [2.24, 2.45) is 5.16 Å². The fourth-order valence-electron chi connectivity index (χ4n) is 3.95. The van der Waals surface area contributed by atoms with E-state index in [1.807, 2.05) is 40.9 Å². The predicted octanol–water partition coefficient (Wildman–Crippen LogP) is 2.61. The van der Waals surface area contributed by atoms with E-state index in [0.29, 0.717) is 48.8 Å². The van der Waals surface area contributed by atoms with Gasteiger partial charge in [-0.2, -0.15) is 0 Å². The van der Waals surface area contributed by atoms with Crippen LogP contribution in [0.25, 0.3) is 0 Å². The maximum atomic E-state index is 13.2. The molecule has 2 aromatic rings. The molecule has 3 aliphatic rings. The SMILES string of the molecule is CC(=O)N1CCN(Cc2nnc(NC(=O)/C(=N/O[C@@H]3CCOC3)c3ccc(SC4CC4)cc3)s2)CC1. The van der Waals surface area contributed by atoms with Crippen LogP contribution in [-0.4, -0.2) is 88.3 Å². The fourth-order valence-corrected chi connectivity index (χ4v) is 5.78. The molecule has 2 saturated heterocycles. The summed E-state index contributed by atoms with van der Waals surface area (Å²) < 4.78 is 5.35. The van der Waals surface area contributed by atoms with Crippen molar-refractivity contribution in [3.63, 3.8) is 0 Å². The van der Waals surface area contributed by atoms with Crippen molar-refractivity contribution in [2.75, 3.05) is 44.7 Å². The van der Waals surface area contributed by atoms with Crippen LogP contribution in [0.4, 0.5) is 5.13 Å². The van der Waals surface area contributed by atoms with Gasteiger partial charge in [0.15, 0.2) is 11.8 Å². The van der Waals surface area contributed by atoms with Crippen LogP contribution in [0.2, 0.25) is 0 Å². The van der Waals surface area contributed by atoms with Crippen LogP contribution in [0.15, 0.2) is 34.3 Å².